The molecule has 27 heavy (non-hydrogen) atoms. The maximum Gasteiger partial charge on any atom is 0.308 e. The molecule has 2 aromatic rings. The van der Waals surface area contributed by atoms with E-state index in [0.717, 1.165) is 15.9 Å². The number of furan rings is 1. The maximum atomic E-state index is 12.4. The van der Waals surface area contributed by atoms with Gasteiger partial charge in [-0.3, -0.25) is 9.59 Å². The molecular formula is C18H22N2O6S. The molecule has 0 radical (unpaired) electrons. The Balaban J connectivity index is 2.10. The first-order valence-corrected chi connectivity index (χ1v) is 9.64. The van der Waals surface area contributed by atoms with Crippen LogP contribution < -0.4 is 5.32 Å². The molecule has 0 fully saturated rings. The highest BCUT2D eigenvalue weighted by atomic mass is 32.2. The second-order valence-corrected chi connectivity index (χ2v) is 8.34. The van der Waals surface area contributed by atoms with E-state index in [1.807, 2.05) is 30.3 Å². The fourth-order valence-electron chi connectivity index (χ4n) is 2.44. The minimum absolute atomic E-state index is 0.0549. The first-order valence-electron chi connectivity index (χ1n) is 8.20. The molecule has 0 saturated carbocycles. The Morgan fingerprint density at radius 2 is 1.85 bits per heavy atom. The zero-order valence-corrected chi connectivity index (χ0v) is 16.1. The molecule has 2 rings (SSSR count). The Morgan fingerprint density at radius 1 is 1.22 bits per heavy atom. The smallest absolute Gasteiger partial charge is 0.308 e. The molecule has 1 aromatic carbocycles. The van der Waals surface area contributed by atoms with Crippen molar-refractivity contribution < 1.29 is 27.5 Å². The minimum atomic E-state index is -3.80. The van der Waals surface area contributed by atoms with Gasteiger partial charge < -0.3 is 14.8 Å². The van der Waals surface area contributed by atoms with Crippen molar-refractivity contribution >= 4 is 21.9 Å². The number of sulfonamides is 1. The normalized spacial score (nSPS) is 12.7. The van der Waals surface area contributed by atoms with Crippen LogP contribution in [0, 0.1) is 12.8 Å². The van der Waals surface area contributed by atoms with E-state index in [2.05, 4.69) is 5.32 Å². The Morgan fingerprint density at radius 3 is 2.41 bits per heavy atom. The van der Waals surface area contributed by atoms with Crippen LogP contribution in [0.25, 0.3) is 0 Å². The zero-order valence-electron chi connectivity index (χ0n) is 15.3. The molecule has 1 aromatic heterocycles. The lowest BCUT2D eigenvalue weighted by Crippen LogP contribution is -2.34. The van der Waals surface area contributed by atoms with Crippen molar-refractivity contribution in [3.05, 3.63) is 53.3 Å². The van der Waals surface area contributed by atoms with Gasteiger partial charge in [0.05, 0.1) is 11.5 Å². The molecule has 0 bridgehead atoms. The summed E-state index contributed by atoms with van der Waals surface area (Å²) in [6, 6.07) is 10.2. The van der Waals surface area contributed by atoms with Gasteiger partial charge >= 0.3 is 5.97 Å². The molecule has 0 aliphatic carbocycles. The summed E-state index contributed by atoms with van der Waals surface area (Å²) in [5, 5.41) is 11.6. The van der Waals surface area contributed by atoms with Gasteiger partial charge in [0, 0.05) is 26.7 Å². The Labute approximate surface area is 157 Å². The highest BCUT2D eigenvalue weighted by Crippen LogP contribution is 2.21. The molecular weight excluding hydrogens is 372 g/mol. The van der Waals surface area contributed by atoms with Crippen molar-refractivity contribution in [3.8, 4) is 0 Å². The van der Waals surface area contributed by atoms with Crippen LogP contribution in [0.1, 0.15) is 21.7 Å². The number of aryl methyl sites for hydroxylation is 1. The average molecular weight is 394 g/mol. The molecule has 1 heterocycles. The number of rotatable bonds is 8. The molecule has 9 heteroatoms. The third-order valence-corrected chi connectivity index (χ3v) is 5.73. The van der Waals surface area contributed by atoms with Crippen LogP contribution in [-0.2, 0) is 21.2 Å². The molecule has 0 aliphatic rings. The number of amides is 1. The van der Waals surface area contributed by atoms with Gasteiger partial charge in [0.25, 0.3) is 15.9 Å². The van der Waals surface area contributed by atoms with Crippen LogP contribution in [0.5, 0.6) is 0 Å². The number of carbonyl (C=O) groups is 2. The summed E-state index contributed by atoms with van der Waals surface area (Å²) in [6.07, 6.45) is 0.265. The molecule has 1 atom stereocenters. The molecule has 1 amide bonds. The van der Waals surface area contributed by atoms with Gasteiger partial charge in [-0.15, -0.1) is 0 Å². The number of hydrogen-bond donors (Lipinski definition) is 2. The van der Waals surface area contributed by atoms with E-state index in [1.165, 1.54) is 21.0 Å². The highest BCUT2D eigenvalue weighted by Gasteiger charge is 2.26. The third-order valence-electron chi connectivity index (χ3n) is 4.06. The maximum absolute atomic E-state index is 12.4. The van der Waals surface area contributed by atoms with Crippen LogP contribution in [0.3, 0.4) is 0 Å². The topological polar surface area (TPSA) is 117 Å². The summed E-state index contributed by atoms with van der Waals surface area (Å²) in [5.41, 5.74) is 0.900. The Kier molecular flexibility index (Phi) is 6.40. The first kappa shape index (κ1) is 20.7. The SMILES string of the molecule is Cc1oc(S(=O)(=O)N(C)C)cc1C(=O)NCC(Cc1ccccc1)C(=O)O. The van der Waals surface area contributed by atoms with E-state index in [-0.39, 0.29) is 29.4 Å². The number of benzene rings is 1. The number of nitrogens with one attached hydrogen (secondary N) is 1. The predicted octanol–water partition coefficient (Wildman–Crippen LogP) is 1.51. The fraction of sp³-hybridized carbons (Fsp3) is 0.333. The van der Waals surface area contributed by atoms with E-state index in [4.69, 9.17) is 4.42 Å². The van der Waals surface area contributed by atoms with Gasteiger partial charge in [-0.2, -0.15) is 0 Å². The van der Waals surface area contributed by atoms with E-state index in [9.17, 15) is 23.1 Å². The molecule has 0 saturated heterocycles. The van der Waals surface area contributed by atoms with Gasteiger partial charge in [-0.25, -0.2) is 12.7 Å². The number of carboxylic acid groups (broad SMARTS) is 1. The van der Waals surface area contributed by atoms with Crippen molar-refractivity contribution in [2.45, 2.75) is 18.4 Å². The van der Waals surface area contributed by atoms with Crippen LogP contribution >= 0.6 is 0 Å². The molecule has 8 nitrogen and oxygen atoms in total. The summed E-state index contributed by atoms with van der Waals surface area (Å²) < 4.78 is 30.4. The van der Waals surface area contributed by atoms with Crippen LogP contribution in [0.2, 0.25) is 0 Å². The number of hydrogen-bond acceptors (Lipinski definition) is 5. The Bertz CT molecular complexity index is 919. The van der Waals surface area contributed by atoms with Crippen molar-refractivity contribution in [2.24, 2.45) is 5.92 Å². The van der Waals surface area contributed by atoms with Gasteiger partial charge in [0.1, 0.15) is 5.76 Å². The van der Waals surface area contributed by atoms with Crippen LogP contribution in [0.15, 0.2) is 45.9 Å². The molecule has 0 aliphatic heterocycles. The average Bonchev–Trinajstić information content (AvgIpc) is 3.01. The second kappa shape index (κ2) is 8.36. The van der Waals surface area contributed by atoms with Gasteiger partial charge in [0.2, 0.25) is 5.09 Å². The monoisotopic (exact) mass is 394 g/mol. The van der Waals surface area contributed by atoms with Crippen molar-refractivity contribution in [1.29, 1.82) is 0 Å². The van der Waals surface area contributed by atoms with Gasteiger partial charge in [0.15, 0.2) is 0 Å². The van der Waals surface area contributed by atoms with E-state index in [1.54, 1.807) is 0 Å². The summed E-state index contributed by atoms with van der Waals surface area (Å²) in [4.78, 5) is 23.9. The third kappa shape index (κ3) is 4.95. The lowest BCUT2D eigenvalue weighted by molar-refractivity contribution is -0.141. The van der Waals surface area contributed by atoms with Gasteiger partial charge in [-0.1, -0.05) is 30.3 Å². The molecule has 2 N–H and O–H groups in total. The zero-order chi connectivity index (χ0) is 20.2. The van der Waals surface area contributed by atoms with Crippen molar-refractivity contribution in [3.63, 3.8) is 0 Å². The minimum Gasteiger partial charge on any atom is -0.481 e. The van der Waals surface area contributed by atoms with E-state index < -0.39 is 27.8 Å². The van der Waals surface area contributed by atoms with E-state index in [0.29, 0.717) is 0 Å². The van der Waals surface area contributed by atoms with Gasteiger partial charge in [-0.05, 0) is 18.9 Å². The Hall–Kier alpha value is -2.65. The second-order valence-electron chi connectivity index (χ2n) is 6.26. The largest absolute Gasteiger partial charge is 0.481 e. The quantitative estimate of drug-likeness (QED) is 0.701. The number of carboxylic acids is 1. The number of carbonyl (C=O) groups excluding carboxylic acids is 1. The number of aliphatic carboxylic acids is 1. The first-order chi connectivity index (χ1) is 12.6. The molecule has 1 unspecified atom stereocenters. The lowest BCUT2D eigenvalue weighted by atomic mass is 9.99. The summed E-state index contributed by atoms with van der Waals surface area (Å²) in [7, 11) is -1.09. The highest BCUT2D eigenvalue weighted by molar-refractivity contribution is 7.88. The predicted molar refractivity (Wildman–Crippen MR) is 97.9 cm³/mol. The summed E-state index contributed by atoms with van der Waals surface area (Å²) in [5.74, 6) is -2.29. The summed E-state index contributed by atoms with van der Waals surface area (Å²) in [6.45, 7) is 1.38. The summed E-state index contributed by atoms with van der Waals surface area (Å²) >= 11 is 0. The van der Waals surface area contributed by atoms with E-state index >= 15 is 0 Å². The molecule has 146 valence electrons. The fourth-order valence-corrected chi connectivity index (χ4v) is 3.30. The van der Waals surface area contributed by atoms with Crippen molar-refractivity contribution in [2.75, 3.05) is 20.6 Å². The van der Waals surface area contributed by atoms with Crippen LogP contribution in [0.4, 0.5) is 0 Å². The van der Waals surface area contributed by atoms with Crippen LogP contribution in [-0.4, -0.2) is 50.3 Å². The lowest BCUT2D eigenvalue weighted by Gasteiger charge is -2.13. The number of nitrogens with zero attached hydrogens (tertiary/aromatic N) is 1. The standard InChI is InChI=1S/C18H22N2O6S/c1-12-15(10-16(26-12)27(24,25)20(2)3)17(21)19-11-14(18(22)23)9-13-7-5-4-6-8-13/h4-8,10,14H,9,11H2,1-3H3,(H,19,21)(H,22,23). The van der Waals surface area contributed by atoms with Crippen molar-refractivity contribution in [1.82, 2.24) is 9.62 Å². The molecule has 0 spiro atoms.